The lowest BCUT2D eigenvalue weighted by Crippen LogP contribution is -2.23. The first-order valence-corrected chi connectivity index (χ1v) is 9.68. The highest BCUT2D eigenvalue weighted by Crippen LogP contribution is 2.31. The zero-order valence-corrected chi connectivity index (χ0v) is 15.0. The van der Waals surface area contributed by atoms with Gasteiger partial charge in [-0.15, -0.1) is 0 Å². The van der Waals surface area contributed by atoms with Gasteiger partial charge >= 0.3 is 11.7 Å². The fraction of sp³-hybridized carbons (Fsp3) is 0.600. The van der Waals surface area contributed by atoms with Crippen molar-refractivity contribution in [2.45, 2.75) is 42.8 Å². The van der Waals surface area contributed by atoms with E-state index in [0.717, 1.165) is 0 Å². The van der Waals surface area contributed by atoms with Crippen LogP contribution in [0.2, 0.25) is 0 Å². The van der Waals surface area contributed by atoms with Gasteiger partial charge in [0.05, 0.1) is 6.61 Å². The Morgan fingerprint density at radius 3 is 2.36 bits per heavy atom. The third-order valence-electron chi connectivity index (χ3n) is 3.02. The normalized spacial score (nSPS) is 13.8. The van der Waals surface area contributed by atoms with Crippen LogP contribution in [0, 0.1) is 6.92 Å². The third-order valence-corrected chi connectivity index (χ3v) is 5.36. The molecule has 0 radical (unpaired) electrons. The van der Waals surface area contributed by atoms with Crippen molar-refractivity contribution in [1.82, 2.24) is 0 Å². The minimum absolute atomic E-state index is 0.0192. The first-order chi connectivity index (χ1) is 11.5. The summed E-state index contributed by atoms with van der Waals surface area (Å²) in [5.41, 5.74) is -3.75. The zero-order valence-electron chi connectivity index (χ0n) is 13.4. The van der Waals surface area contributed by atoms with Crippen LogP contribution in [0.5, 0.6) is 5.75 Å². The van der Waals surface area contributed by atoms with Crippen molar-refractivity contribution in [3.63, 3.8) is 0 Å². The van der Waals surface area contributed by atoms with Crippen LogP contribution in [0.15, 0.2) is 23.1 Å². The number of aryl methyl sites for hydroxylation is 1. The van der Waals surface area contributed by atoms with Crippen LogP contribution in [0.1, 0.15) is 24.8 Å². The molecule has 1 atom stereocenters. The summed E-state index contributed by atoms with van der Waals surface area (Å²) in [6.45, 7) is 1.79. The fourth-order valence-electron chi connectivity index (χ4n) is 1.90. The summed E-state index contributed by atoms with van der Waals surface area (Å²) in [7, 11) is 0. The van der Waals surface area contributed by atoms with Gasteiger partial charge in [0.2, 0.25) is 5.75 Å². The van der Waals surface area contributed by atoms with E-state index in [2.05, 4.69) is 0 Å². The van der Waals surface area contributed by atoms with Gasteiger partial charge in [0.1, 0.15) is 5.75 Å². The minimum atomic E-state index is -4.53. The molecule has 1 aromatic rings. The molecule has 0 aliphatic rings. The van der Waals surface area contributed by atoms with E-state index in [4.69, 9.17) is 4.74 Å². The molecule has 0 saturated carbocycles. The Morgan fingerprint density at radius 1 is 1.08 bits per heavy atom. The number of rotatable bonds is 9. The van der Waals surface area contributed by atoms with Crippen molar-refractivity contribution in [3.8, 4) is 5.75 Å². The molecule has 1 unspecified atom stereocenters. The molecule has 1 aromatic carbocycles. The Hall–Kier alpha value is -0.740. The molecule has 0 amide bonds. The third kappa shape index (κ3) is 10.1. The van der Waals surface area contributed by atoms with Crippen LogP contribution >= 0.6 is 11.8 Å². The van der Waals surface area contributed by atoms with E-state index in [1.54, 1.807) is 13.0 Å². The van der Waals surface area contributed by atoms with E-state index in [1.807, 2.05) is 0 Å². The van der Waals surface area contributed by atoms with Gasteiger partial charge in [-0.25, -0.2) is 0 Å². The number of benzene rings is 1. The number of alkyl halides is 6. The van der Waals surface area contributed by atoms with Gasteiger partial charge in [-0.3, -0.25) is 0 Å². The van der Waals surface area contributed by atoms with Gasteiger partial charge in [-0.05, 0) is 43.4 Å². The second-order valence-electron chi connectivity index (χ2n) is 5.24. The average molecular weight is 408 g/mol. The Morgan fingerprint density at radius 2 is 1.76 bits per heavy atom. The van der Waals surface area contributed by atoms with Gasteiger partial charge in [0, 0.05) is 17.4 Å². The number of hydrogen-bond donors (Lipinski definition) is 0. The monoisotopic (exact) mass is 408 g/mol. The number of halogens is 6. The molecular formula is C15H18F6O2S2. The molecule has 0 fully saturated rings. The Bertz CT molecular complexity index is 534. The summed E-state index contributed by atoms with van der Waals surface area (Å²) < 4.78 is 90.0. The summed E-state index contributed by atoms with van der Waals surface area (Å²) in [5, 5.41) is 0. The minimum Gasteiger partial charge on any atom is -0.611 e. The van der Waals surface area contributed by atoms with Gasteiger partial charge in [-0.1, -0.05) is 17.8 Å². The predicted molar refractivity (Wildman–Crippen MR) is 86.4 cm³/mol. The van der Waals surface area contributed by atoms with E-state index in [1.165, 1.54) is 12.1 Å². The summed E-state index contributed by atoms with van der Waals surface area (Å²) in [6.07, 6.45) is -3.07. The summed E-state index contributed by atoms with van der Waals surface area (Å²) in [6, 6.07) is 4.40. The molecule has 10 heteroatoms. The van der Waals surface area contributed by atoms with Crippen molar-refractivity contribution >= 4 is 22.9 Å². The lowest BCUT2D eigenvalue weighted by Gasteiger charge is -2.15. The van der Waals surface area contributed by atoms with Crippen molar-refractivity contribution in [1.29, 1.82) is 0 Å². The highest BCUT2D eigenvalue weighted by Gasteiger charge is 2.36. The summed E-state index contributed by atoms with van der Waals surface area (Å²) >= 11 is -2.28. The molecule has 25 heavy (non-hydrogen) atoms. The highest BCUT2D eigenvalue weighted by atomic mass is 32.2. The molecule has 0 aliphatic heterocycles. The molecule has 1 rings (SSSR count). The van der Waals surface area contributed by atoms with Crippen LogP contribution in [-0.4, -0.2) is 34.3 Å². The van der Waals surface area contributed by atoms with Crippen LogP contribution < -0.4 is 4.74 Å². The van der Waals surface area contributed by atoms with E-state index >= 15 is 0 Å². The topological polar surface area (TPSA) is 32.3 Å². The van der Waals surface area contributed by atoms with Gasteiger partial charge in [0.25, 0.3) is 0 Å². The van der Waals surface area contributed by atoms with Crippen LogP contribution in [0.3, 0.4) is 0 Å². The number of ether oxygens (including phenoxy) is 1. The molecule has 2 nitrogen and oxygen atoms in total. The maximum Gasteiger partial charge on any atom is 0.441 e. The van der Waals surface area contributed by atoms with Crippen molar-refractivity contribution < 1.29 is 35.6 Å². The quantitative estimate of drug-likeness (QED) is 0.309. The van der Waals surface area contributed by atoms with Crippen LogP contribution in [-0.2, 0) is 11.2 Å². The number of hydrogen-bond acceptors (Lipinski definition) is 3. The first-order valence-electron chi connectivity index (χ1n) is 7.37. The molecule has 0 spiro atoms. The Balaban J connectivity index is 2.41. The zero-order chi connectivity index (χ0) is 19.1. The Kier molecular flexibility index (Phi) is 8.76. The Labute approximate surface area is 149 Å². The van der Waals surface area contributed by atoms with E-state index in [0.29, 0.717) is 30.6 Å². The number of thioether (sulfide) groups is 1. The molecule has 0 aromatic heterocycles. The molecular weight excluding hydrogens is 390 g/mol. The molecule has 0 aliphatic carbocycles. The first kappa shape index (κ1) is 22.3. The number of unbranched alkanes of at least 4 members (excludes halogenated alkanes) is 2. The van der Waals surface area contributed by atoms with Crippen LogP contribution in [0.25, 0.3) is 0 Å². The van der Waals surface area contributed by atoms with Gasteiger partial charge in [-0.2, -0.15) is 26.3 Å². The molecule has 0 heterocycles. The second-order valence-corrected chi connectivity index (χ2v) is 7.82. The van der Waals surface area contributed by atoms with Crippen LogP contribution in [0.4, 0.5) is 26.3 Å². The predicted octanol–water partition coefficient (Wildman–Crippen LogP) is 5.47. The van der Waals surface area contributed by atoms with Crippen molar-refractivity contribution in [2.24, 2.45) is 0 Å². The molecule has 0 saturated heterocycles. The van der Waals surface area contributed by atoms with E-state index in [-0.39, 0.29) is 29.0 Å². The molecule has 0 N–H and O–H groups in total. The van der Waals surface area contributed by atoms with Gasteiger partial charge < -0.3 is 9.29 Å². The standard InChI is InChI=1S/C15H18F6O2S2/c1-11-5-6-12(9-13(11)25(22)10-14(16,17)18)23-7-3-2-4-8-24-15(19,20)21/h5-6,9H,2-4,7-8,10H2,1H3. The van der Waals surface area contributed by atoms with Gasteiger partial charge in [0.15, 0.2) is 4.90 Å². The summed E-state index contributed by atoms with van der Waals surface area (Å²) in [5.74, 6) is -1.15. The maximum atomic E-state index is 12.4. The smallest absolute Gasteiger partial charge is 0.441 e. The molecule has 0 bridgehead atoms. The SMILES string of the molecule is Cc1ccc(OCCCCCSC(F)(F)F)cc1[S+]([O-])CC(F)(F)F. The van der Waals surface area contributed by atoms with E-state index in [9.17, 15) is 30.9 Å². The fourth-order valence-corrected chi connectivity index (χ4v) is 3.61. The van der Waals surface area contributed by atoms with Crippen molar-refractivity contribution in [2.75, 3.05) is 18.1 Å². The van der Waals surface area contributed by atoms with E-state index < -0.39 is 28.6 Å². The highest BCUT2D eigenvalue weighted by molar-refractivity contribution is 8.00. The maximum absolute atomic E-state index is 12.4. The molecule has 144 valence electrons. The lowest BCUT2D eigenvalue weighted by atomic mass is 10.2. The largest absolute Gasteiger partial charge is 0.611 e. The van der Waals surface area contributed by atoms with Crippen molar-refractivity contribution in [3.05, 3.63) is 23.8 Å². The average Bonchev–Trinajstić information content (AvgIpc) is 2.44. The lowest BCUT2D eigenvalue weighted by molar-refractivity contribution is -0.106. The second kappa shape index (κ2) is 9.82. The summed E-state index contributed by atoms with van der Waals surface area (Å²) in [4.78, 5) is 0.0661.